The fraction of sp³-hybridized carbons (Fsp3) is 0.714. The molecule has 0 aliphatic carbocycles. The molecule has 0 saturated carbocycles. The number of aliphatic hydroxyl groups is 1. The van der Waals surface area contributed by atoms with Crippen LogP contribution < -0.4 is 0 Å². The highest BCUT2D eigenvalue weighted by Gasteiger charge is 2.09. The first-order valence-electron chi connectivity index (χ1n) is 3.74. The number of hydrogen-bond donors (Lipinski definition) is 1. The summed E-state index contributed by atoms with van der Waals surface area (Å²) in [5.74, 6) is 0.969. The lowest BCUT2D eigenvalue weighted by Crippen LogP contribution is -1.93. The van der Waals surface area contributed by atoms with Gasteiger partial charge >= 0.3 is 0 Å². The van der Waals surface area contributed by atoms with Crippen LogP contribution >= 0.6 is 0 Å². The Morgan fingerprint density at radius 2 is 2.36 bits per heavy atom. The van der Waals surface area contributed by atoms with Crippen LogP contribution in [0.4, 0.5) is 0 Å². The molecular formula is C7H12N2O2. The van der Waals surface area contributed by atoms with Gasteiger partial charge in [-0.05, 0) is 13.3 Å². The van der Waals surface area contributed by atoms with E-state index in [1.807, 2.05) is 6.92 Å². The van der Waals surface area contributed by atoms with Crippen molar-refractivity contribution in [2.75, 3.05) is 0 Å². The summed E-state index contributed by atoms with van der Waals surface area (Å²) in [6.07, 6.45) is 1.12. The molecule has 1 rings (SSSR count). The zero-order valence-corrected chi connectivity index (χ0v) is 6.74. The Bertz CT molecular complexity index is 220. The second kappa shape index (κ2) is 3.48. The molecule has 0 radical (unpaired) electrons. The molecule has 0 amide bonds. The van der Waals surface area contributed by atoms with Crippen LogP contribution in [0.5, 0.6) is 0 Å². The smallest absolute Gasteiger partial charge is 0.226 e. The predicted octanol–water partition coefficient (Wildman–Crippen LogP) is 1.08. The first kappa shape index (κ1) is 8.20. The second-order valence-corrected chi connectivity index (χ2v) is 2.47. The van der Waals surface area contributed by atoms with Crippen LogP contribution in [-0.4, -0.2) is 15.2 Å². The molecule has 1 atom stereocenters. The third kappa shape index (κ3) is 2.01. The molecule has 0 spiro atoms. The summed E-state index contributed by atoms with van der Waals surface area (Å²) < 4.78 is 4.85. The SMILES string of the molecule is CCCc1nc(C(C)O)no1. The average Bonchev–Trinajstić information content (AvgIpc) is 2.37. The molecule has 62 valence electrons. The van der Waals surface area contributed by atoms with E-state index < -0.39 is 6.10 Å². The number of aliphatic hydroxyl groups excluding tert-OH is 1. The highest BCUT2D eigenvalue weighted by molar-refractivity contribution is 4.88. The molecule has 0 aromatic carbocycles. The minimum atomic E-state index is -0.635. The van der Waals surface area contributed by atoms with Crippen LogP contribution in [0.1, 0.15) is 38.1 Å². The van der Waals surface area contributed by atoms with Gasteiger partial charge in [0.15, 0.2) is 5.82 Å². The van der Waals surface area contributed by atoms with Gasteiger partial charge in [-0.1, -0.05) is 12.1 Å². The lowest BCUT2D eigenvalue weighted by Gasteiger charge is -1.91. The van der Waals surface area contributed by atoms with Crippen LogP contribution in [0.2, 0.25) is 0 Å². The minimum absolute atomic E-state index is 0.369. The number of hydrogen-bond acceptors (Lipinski definition) is 4. The van der Waals surface area contributed by atoms with E-state index in [9.17, 15) is 0 Å². The molecule has 1 aromatic heterocycles. The average molecular weight is 156 g/mol. The number of aryl methyl sites for hydroxylation is 1. The van der Waals surface area contributed by atoms with Crippen LogP contribution in [0.3, 0.4) is 0 Å². The summed E-state index contributed by atoms with van der Waals surface area (Å²) in [6.45, 7) is 3.65. The first-order valence-corrected chi connectivity index (χ1v) is 3.74. The van der Waals surface area contributed by atoms with Crippen molar-refractivity contribution in [2.24, 2.45) is 0 Å². The quantitative estimate of drug-likeness (QED) is 0.711. The van der Waals surface area contributed by atoms with Gasteiger partial charge in [0.05, 0.1) is 0 Å². The topological polar surface area (TPSA) is 59.2 Å². The van der Waals surface area contributed by atoms with Crippen LogP contribution in [0.15, 0.2) is 4.52 Å². The molecule has 1 N–H and O–H groups in total. The highest BCUT2D eigenvalue weighted by Crippen LogP contribution is 2.07. The van der Waals surface area contributed by atoms with E-state index in [1.54, 1.807) is 6.92 Å². The van der Waals surface area contributed by atoms with E-state index in [1.165, 1.54) is 0 Å². The molecule has 4 heteroatoms. The number of aromatic nitrogens is 2. The van der Waals surface area contributed by atoms with Crippen LogP contribution in [0.25, 0.3) is 0 Å². The molecule has 1 heterocycles. The maximum absolute atomic E-state index is 9.02. The Hall–Kier alpha value is -0.900. The zero-order valence-electron chi connectivity index (χ0n) is 6.74. The zero-order chi connectivity index (χ0) is 8.27. The van der Waals surface area contributed by atoms with Gasteiger partial charge < -0.3 is 9.63 Å². The van der Waals surface area contributed by atoms with Gasteiger partial charge in [0, 0.05) is 6.42 Å². The normalized spacial score (nSPS) is 13.4. The Morgan fingerprint density at radius 1 is 1.64 bits per heavy atom. The fourth-order valence-corrected chi connectivity index (χ4v) is 0.753. The summed E-state index contributed by atoms with van der Waals surface area (Å²) in [5, 5.41) is 12.6. The predicted molar refractivity (Wildman–Crippen MR) is 38.9 cm³/mol. The maximum atomic E-state index is 9.02. The monoisotopic (exact) mass is 156 g/mol. The molecule has 1 aromatic rings. The van der Waals surface area contributed by atoms with Crippen molar-refractivity contribution in [1.29, 1.82) is 0 Å². The Balaban J connectivity index is 2.66. The molecule has 0 fully saturated rings. The van der Waals surface area contributed by atoms with E-state index in [4.69, 9.17) is 9.63 Å². The molecule has 4 nitrogen and oxygen atoms in total. The third-order valence-electron chi connectivity index (χ3n) is 1.32. The van der Waals surface area contributed by atoms with Crippen molar-refractivity contribution in [3.05, 3.63) is 11.7 Å². The van der Waals surface area contributed by atoms with Crippen molar-refractivity contribution < 1.29 is 9.63 Å². The van der Waals surface area contributed by atoms with Gasteiger partial charge in [0.1, 0.15) is 6.10 Å². The van der Waals surface area contributed by atoms with Crippen molar-refractivity contribution in [2.45, 2.75) is 32.8 Å². The standard InChI is InChI=1S/C7H12N2O2/c1-3-4-6-8-7(5(2)10)9-11-6/h5,10H,3-4H2,1-2H3. The van der Waals surface area contributed by atoms with Gasteiger partial charge in [0.2, 0.25) is 5.89 Å². The van der Waals surface area contributed by atoms with Gasteiger partial charge in [-0.2, -0.15) is 4.98 Å². The highest BCUT2D eigenvalue weighted by atomic mass is 16.5. The lowest BCUT2D eigenvalue weighted by molar-refractivity contribution is 0.184. The molecule has 11 heavy (non-hydrogen) atoms. The van der Waals surface area contributed by atoms with Crippen LogP contribution in [0, 0.1) is 0 Å². The van der Waals surface area contributed by atoms with E-state index in [0.717, 1.165) is 12.8 Å². The molecule has 0 aliphatic rings. The minimum Gasteiger partial charge on any atom is -0.385 e. The van der Waals surface area contributed by atoms with Crippen LogP contribution in [-0.2, 0) is 6.42 Å². The van der Waals surface area contributed by atoms with Crippen molar-refractivity contribution in [3.8, 4) is 0 Å². The fourth-order valence-electron chi connectivity index (χ4n) is 0.753. The van der Waals surface area contributed by atoms with E-state index in [2.05, 4.69) is 10.1 Å². The molecule has 0 saturated heterocycles. The van der Waals surface area contributed by atoms with Gasteiger partial charge in [-0.3, -0.25) is 0 Å². The summed E-state index contributed by atoms with van der Waals surface area (Å²) in [6, 6.07) is 0. The summed E-state index contributed by atoms with van der Waals surface area (Å²) in [4.78, 5) is 3.97. The molecule has 0 aliphatic heterocycles. The number of nitrogens with zero attached hydrogens (tertiary/aromatic N) is 2. The van der Waals surface area contributed by atoms with E-state index in [0.29, 0.717) is 11.7 Å². The van der Waals surface area contributed by atoms with E-state index >= 15 is 0 Å². The van der Waals surface area contributed by atoms with Crippen molar-refractivity contribution >= 4 is 0 Å². The van der Waals surface area contributed by atoms with Gasteiger partial charge in [0.25, 0.3) is 0 Å². The Labute approximate surface area is 65.2 Å². The first-order chi connectivity index (χ1) is 5.24. The summed E-state index contributed by atoms with van der Waals surface area (Å²) >= 11 is 0. The van der Waals surface area contributed by atoms with E-state index in [-0.39, 0.29) is 0 Å². The van der Waals surface area contributed by atoms with Crippen molar-refractivity contribution in [1.82, 2.24) is 10.1 Å². The van der Waals surface area contributed by atoms with Gasteiger partial charge in [-0.25, -0.2) is 0 Å². The third-order valence-corrected chi connectivity index (χ3v) is 1.32. The molecule has 0 bridgehead atoms. The lowest BCUT2D eigenvalue weighted by atomic mass is 10.3. The second-order valence-electron chi connectivity index (χ2n) is 2.47. The Kier molecular flexibility index (Phi) is 2.59. The summed E-state index contributed by atoms with van der Waals surface area (Å²) in [7, 11) is 0. The largest absolute Gasteiger partial charge is 0.385 e. The van der Waals surface area contributed by atoms with Gasteiger partial charge in [-0.15, -0.1) is 0 Å². The Morgan fingerprint density at radius 3 is 2.82 bits per heavy atom. The maximum Gasteiger partial charge on any atom is 0.226 e. The molecular weight excluding hydrogens is 144 g/mol. The molecule has 1 unspecified atom stereocenters. The summed E-state index contributed by atoms with van der Waals surface area (Å²) in [5.41, 5.74) is 0. The van der Waals surface area contributed by atoms with Crippen molar-refractivity contribution in [3.63, 3.8) is 0 Å². The number of rotatable bonds is 3.